The molecule has 0 saturated carbocycles. The van der Waals surface area contributed by atoms with Gasteiger partial charge in [0.25, 0.3) is 0 Å². The fourth-order valence-electron chi connectivity index (χ4n) is 5.11. The molecule has 0 unspecified atom stereocenters. The molecule has 2 saturated heterocycles. The van der Waals surface area contributed by atoms with E-state index in [1.54, 1.807) is 0 Å². The number of para-hydroxylation sites is 1. The first-order valence-electron chi connectivity index (χ1n) is 10.6. The molecule has 0 aromatic heterocycles. The second-order valence-electron chi connectivity index (χ2n) is 9.75. The van der Waals surface area contributed by atoms with E-state index in [0.717, 1.165) is 29.6 Å². The van der Waals surface area contributed by atoms with Gasteiger partial charge in [-0.05, 0) is 64.9 Å². The first-order chi connectivity index (χ1) is 12.8. The zero-order valence-electron chi connectivity index (χ0n) is 17.4. The van der Waals surface area contributed by atoms with E-state index in [0.29, 0.717) is 5.92 Å². The van der Waals surface area contributed by atoms with E-state index in [9.17, 15) is 0 Å². The Balaban J connectivity index is 1.54. The van der Waals surface area contributed by atoms with Crippen LogP contribution >= 0.6 is 0 Å². The molecule has 0 amide bonds. The minimum absolute atomic E-state index is 0.0674. The minimum Gasteiger partial charge on any atom is -0.487 e. The maximum atomic E-state index is 6.70. The summed E-state index contributed by atoms with van der Waals surface area (Å²) in [6, 6.07) is 8.34. The highest BCUT2D eigenvalue weighted by atomic mass is 16.5. The van der Waals surface area contributed by atoms with Crippen LogP contribution in [0.3, 0.4) is 0 Å². The Labute approximate surface area is 164 Å². The van der Waals surface area contributed by atoms with Gasteiger partial charge < -0.3 is 14.0 Å². The van der Waals surface area contributed by atoms with Crippen molar-refractivity contribution in [1.82, 2.24) is 0 Å². The first-order valence-corrected chi connectivity index (χ1v) is 10.6. The van der Waals surface area contributed by atoms with Gasteiger partial charge in [-0.15, -0.1) is 0 Å². The largest absolute Gasteiger partial charge is 0.487 e. The third kappa shape index (κ3) is 3.75. The summed E-state index contributed by atoms with van der Waals surface area (Å²) < 4.78 is 14.1. The Bertz CT molecular complexity index is 753. The second kappa shape index (κ2) is 6.83. The average molecular weight is 369 g/mol. The molecule has 0 N–H and O–H groups in total. The van der Waals surface area contributed by atoms with Crippen molar-refractivity contribution in [1.29, 1.82) is 0 Å². The summed E-state index contributed by atoms with van der Waals surface area (Å²) in [6.07, 6.45) is 6.17. The van der Waals surface area contributed by atoms with Crippen molar-refractivity contribution in [2.75, 3.05) is 26.7 Å². The number of nitrogens with zero attached hydrogens (tertiary/aromatic N) is 1. The normalized spacial score (nSPS) is 33.6. The number of hydrogen-bond acceptors (Lipinski definition) is 2. The molecular formula is C24H34NO2+. The number of rotatable bonds is 1. The molecule has 0 aliphatic carbocycles. The highest BCUT2D eigenvalue weighted by Gasteiger charge is 2.50. The average Bonchev–Trinajstić information content (AvgIpc) is 2.61. The van der Waals surface area contributed by atoms with Crippen LogP contribution in [0.15, 0.2) is 24.3 Å². The number of benzene rings is 1. The standard InChI is InChI=1S/C24H34NO2/c1-23(2)20-13-15-24(3,14-10-18-25(4)16-8-5-9-17-25)27-22(20)19-11-6-7-12-21(19)26-23/h6-7,11-12,20,22H,5,8-9,13,15-18H2,1-4H3/q+1/t20-,22+,24-/m1/s1. The fourth-order valence-corrected chi connectivity index (χ4v) is 5.11. The number of piperidine rings is 1. The van der Waals surface area contributed by atoms with E-state index >= 15 is 0 Å². The predicted molar refractivity (Wildman–Crippen MR) is 109 cm³/mol. The lowest BCUT2D eigenvalue weighted by atomic mass is 9.73. The number of fused-ring (bicyclic) bond motifs is 3. The van der Waals surface area contributed by atoms with Crippen LogP contribution in [-0.4, -0.2) is 42.4 Å². The second-order valence-corrected chi connectivity index (χ2v) is 9.75. The van der Waals surface area contributed by atoms with Gasteiger partial charge in [-0.3, -0.25) is 0 Å². The van der Waals surface area contributed by atoms with E-state index < -0.39 is 0 Å². The van der Waals surface area contributed by atoms with Crippen LogP contribution in [0.1, 0.15) is 64.5 Å². The maximum Gasteiger partial charge on any atom is 0.140 e. The number of hydrogen-bond donors (Lipinski definition) is 0. The summed E-state index contributed by atoms with van der Waals surface area (Å²) in [5.74, 6) is 8.38. The van der Waals surface area contributed by atoms with Crippen LogP contribution in [0, 0.1) is 17.8 Å². The molecular weight excluding hydrogens is 334 g/mol. The highest BCUT2D eigenvalue weighted by molar-refractivity contribution is 5.39. The fraction of sp³-hybridized carbons (Fsp3) is 0.667. The predicted octanol–water partition coefficient (Wildman–Crippen LogP) is 4.72. The van der Waals surface area contributed by atoms with Gasteiger partial charge in [-0.25, -0.2) is 0 Å². The van der Waals surface area contributed by atoms with E-state index in [1.807, 2.05) is 6.07 Å². The highest BCUT2D eigenvalue weighted by Crippen LogP contribution is 2.52. The summed E-state index contributed by atoms with van der Waals surface area (Å²) in [5, 5.41) is 0. The molecule has 1 aromatic carbocycles. The van der Waals surface area contributed by atoms with Crippen molar-refractivity contribution < 1.29 is 14.0 Å². The van der Waals surface area contributed by atoms with Crippen LogP contribution < -0.4 is 4.74 Å². The molecule has 3 aliphatic heterocycles. The molecule has 3 heteroatoms. The van der Waals surface area contributed by atoms with E-state index in [-0.39, 0.29) is 17.3 Å². The number of quaternary nitrogens is 1. The molecule has 3 aliphatic rings. The van der Waals surface area contributed by atoms with Crippen LogP contribution in [0.25, 0.3) is 0 Å². The topological polar surface area (TPSA) is 18.5 Å². The van der Waals surface area contributed by atoms with Gasteiger partial charge >= 0.3 is 0 Å². The number of likely N-dealkylation sites (tertiary alicyclic amines) is 1. The summed E-state index contributed by atoms with van der Waals surface area (Å²) in [6.45, 7) is 10.0. The summed E-state index contributed by atoms with van der Waals surface area (Å²) in [7, 11) is 2.35. The van der Waals surface area contributed by atoms with Gasteiger partial charge in [0.2, 0.25) is 0 Å². The minimum atomic E-state index is -0.364. The quantitative estimate of drug-likeness (QED) is 0.528. The molecule has 27 heavy (non-hydrogen) atoms. The Morgan fingerprint density at radius 2 is 1.85 bits per heavy atom. The Morgan fingerprint density at radius 3 is 2.63 bits per heavy atom. The summed E-state index contributed by atoms with van der Waals surface area (Å²) in [5.41, 5.74) is 0.612. The number of ether oxygens (including phenoxy) is 2. The molecule has 0 radical (unpaired) electrons. The van der Waals surface area contributed by atoms with Crippen molar-refractivity contribution in [3.05, 3.63) is 29.8 Å². The summed E-state index contributed by atoms with van der Waals surface area (Å²) >= 11 is 0. The molecule has 0 bridgehead atoms. The smallest absolute Gasteiger partial charge is 0.140 e. The molecule has 3 atom stereocenters. The first kappa shape index (κ1) is 18.8. The van der Waals surface area contributed by atoms with E-state index in [1.165, 1.54) is 37.9 Å². The lowest BCUT2D eigenvalue weighted by Crippen LogP contribution is -2.51. The Hall–Kier alpha value is -1.50. The zero-order valence-corrected chi connectivity index (χ0v) is 17.4. The summed E-state index contributed by atoms with van der Waals surface area (Å²) in [4.78, 5) is 0. The Morgan fingerprint density at radius 1 is 1.11 bits per heavy atom. The van der Waals surface area contributed by atoms with E-state index in [2.05, 4.69) is 57.9 Å². The van der Waals surface area contributed by atoms with Gasteiger partial charge in [-0.1, -0.05) is 24.1 Å². The molecule has 1 aromatic rings. The SMILES string of the molecule is CC1(C)Oc2ccccc2[C@@H]2O[C@](C)(C#CC[N+]3(C)CCCCC3)CC[C@H]21. The van der Waals surface area contributed by atoms with Crippen molar-refractivity contribution in [2.45, 2.75) is 70.2 Å². The van der Waals surface area contributed by atoms with Crippen molar-refractivity contribution >= 4 is 0 Å². The van der Waals surface area contributed by atoms with Gasteiger partial charge in [0.05, 0.1) is 26.2 Å². The zero-order chi connectivity index (χ0) is 19.1. The molecule has 0 spiro atoms. The van der Waals surface area contributed by atoms with E-state index in [4.69, 9.17) is 9.47 Å². The lowest BCUT2D eigenvalue weighted by Gasteiger charge is -2.50. The van der Waals surface area contributed by atoms with Crippen LogP contribution in [0.5, 0.6) is 5.75 Å². The van der Waals surface area contributed by atoms with Gasteiger partial charge in [0, 0.05) is 11.5 Å². The molecule has 3 heterocycles. The third-order valence-corrected chi connectivity index (χ3v) is 6.89. The van der Waals surface area contributed by atoms with Gasteiger partial charge in [0.15, 0.2) is 0 Å². The lowest BCUT2D eigenvalue weighted by molar-refractivity contribution is -0.907. The maximum absolute atomic E-state index is 6.70. The van der Waals surface area contributed by atoms with Crippen molar-refractivity contribution in [3.63, 3.8) is 0 Å². The molecule has 146 valence electrons. The van der Waals surface area contributed by atoms with Crippen molar-refractivity contribution in [3.8, 4) is 17.6 Å². The van der Waals surface area contributed by atoms with Crippen LogP contribution in [0.4, 0.5) is 0 Å². The van der Waals surface area contributed by atoms with Gasteiger partial charge in [-0.2, -0.15) is 0 Å². The molecule has 4 rings (SSSR count). The van der Waals surface area contributed by atoms with Crippen molar-refractivity contribution in [2.24, 2.45) is 5.92 Å². The van der Waals surface area contributed by atoms with Crippen LogP contribution in [-0.2, 0) is 4.74 Å². The van der Waals surface area contributed by atoms with Gasteiger partial charge in [0.1, 0.15) is 23.5 Å². The third-order valence-electron chi connectivity index (χ3n) is 6.89. The monoisotopic (exact) mass is 368 g/mol. The molecule has 3 nitrogen and oxygen atoms in total. The molecule has 2 fully saturated rings. The Kier molecular flexibility index (Phi) is 4.77. The van der Waals surface area contributed by atoms with Crippen LogP contribution in [0.2, 0.25) is 0 Å².